The first-order valence-corrected chi connectivity index (χ1v) is 6.04. The van der Waals surface area contributed by atoms with E-state index in [9.17, 15) is 0 Å². The molecule has 0 spiro atoms. The molecule has 0 atom stereocenters. The van der Waals surface area contributed by atoms with Crippen molar-refractivity contribution in [2.45, 2.75) is 13.5 Å². The van der Waals surface area contributed by atoms with Crippen molar-refractivity contribution in [1.82, 2.24) is 9.78 Å². The summed E-state index contributed by atoms with van der Waals surface area (Å²) < 4.78 is 8.13. The minimum Gasteiger partial charge on any atom is -0.383 e. The van der Waals surface area contributed by atoms with E-state index in [-0.39, 0.29) is 6.15 Å². The highest BCUT2D eigenvalue weighted by atomic mass is 79.9. The van der Waals surface area contributed by atoms with Crippen molar-refractivity contribution >= 4 is 33.0 Å². The molecule has 6 heteroatoms. The molecule has 1 aromatic heterocycles. The van der Waals surface area contributed by atoms with Gasteiger partial charge in [0.2, 0.25) is 0 Å². The maximum absolute atomic E-state index is 8.12. The van der Waals surface area contributed by atoms with E-state index in [1.807, 2.05) is 17.7 Å². The van der Waals surface area contributed by atoms with Crippen LogP contribution in [-0.4, -0.2) is 29.6 Å². The lowest BCUT2D eigenvalue weighted by atomic mass is 10.2. The summed E-state index contributed by atoms with van der Waals surface area (Å²) in [6.07, 6.45) is 0.250. The van der Waals surface area contributed by atoms with Crippen LogP contribution in [0.2, 0.25) is 0 Å². The molecule has 0 fully saturated rings. The molecular formula is C12H13BrN2O3. The van der Waals surface area contributed by atoms with Crippen molar-refractivity contribution in [3.05, 3.63) is 28.4 Å². The third-order valence-corrected chi connectivity index (χ3v) is 2.90. The van der Waals surface area contributed by atoms with Gasteiger partial charge in [-0.25, -0.2) is 0 Å². The van der Waals surface area contributed by atoms with Crippen molar-refractivity contribution < 1.29 is 14.3 Å². The molecule has 0 unspecified atom stereocenters. The van der Waals surface area contributed by atoms with Gasteiger partial charge in [-0.1, -0.05) is 15.9 Å². The number of benzene rings is 1. The van der Waals surface area contributed by atoms with E-state index >= 15 is 0 Å². The van der Waals surface area contributed by atoms with Crippen LogP contribution in [0.4, 0.5) is 0 Å². The van der Waals surface area contributed by atoms with Gasteiger partial charge in [-0.05, 0) is 25.1 Å². The number of ether oxygens (including phenoxy) is 1. The highest BCUT2D eigenvalue weighted by molar-refractivity contribution is 9.10. The zero-order valence-corrected chi connectivity index (χ0v) is 11.7. The number of methoxy groups -OCH3 is 1. The van der Waals surface area contributed by atoms with Gasteiger partial charge in [-0.15, -0.1) is 0 Å². The fourth-order valence-electron chi connectivity index (χ4n) is 1.66. The second-order valence-electron chi connectivity index (χ2n) is 3.55. The van der Waals surface area contributed by atoms with E-state index in [1.165, 1.54) is 5.39 Å². The molecule has 0 amide bonds. The molecule has 1 heterocycles. The van der Waals surface area contributed by atoms with Gasteiger partial charge in [-0.3, -0.25) is 4.68 Å². The predicted molar refractivity (Wildman–Crippen MR) is 69.1 cm³/mol. The molecule has 2 aromatic rings. The third kappa shape index (κ3) is 3.50. The number of rotatable bonds is 3. The van der Waals surface area contributed by atoms with Crippen molar-refractivity contribution in [2.75, 3.05) is 13.7 Å². The topological polar surface area (TPSA) is 61.2 Å². The van der Waals surface area contributed by atoms with Crippen LogP contribution in [0.5, 0.6) is 0 Å². The average molecular weight is 313 g/mol. The first-order chi connectivity index (χ1) is 8.63. The van der Waals surface area contributed by atoms with Crippen LogP contribution in [-0.2, 0) is 20.9 Å². The van der Waals surface area contributed by atoms with Gasteiger partial charge < -0.3 is 4.74 Å². The summed E-state index contributed by atoms with van der Waals surface area (Å²) in [6, 6.07) is 6.21. The van der Waals surface area contributed by atoms with Crippen LogP contribution in [0.1, 0.15) is 5.69 Å². The van der Waals surface area contributed by atoms with E-state index in [1.54, 1.807) is 7.11 Å². The second kappa shape index (κ2) is 7.06. The van der Waals surface area contributed by atoms with Crippen LogP contribution < -0.4 is 0 Å². The quantitative estimate of drug-likeness (QED) is 0.871. The summed E-state index contributed by atoms with van der Waals surface area (Å²) in [6.45, 7) is 3.51. The Morgan fingerprint density at radius 3 is 2.72 bits per heavy atom. The van der Waals surface area contributed by atoms with E-state index in [2.05, 4.69) is 33.2 Å². The van der Waals surface area contributed by atoms with Gasteiger partial charge in [0, 0.05) is 17.0 Å². The standard InChI is InChI=1S/C11H13BrN2O.CO2/c1-8-10-7-9(12)3-4-11(10)14(13-8)5-6-15-2;2-1-3/h3-4,7H,5-6H2,1-2H3;. The zero-order valence-electron chi connectivity index (χ0n) is 10.1. The summed E-state index contributed by atoms with van der Waals surface area (Å²) in [5.74, 6) is 0. The average Bonchev–Trinajstić information content (AvgIpc) is 2.64. The molecule has 5 nitrogen and oxygen atoms in total. The van der Waals surface area contributed by atoms with E-state index < -0.39 is 0 Å². The van der Waals surface area contributed by atoms with Crippen molar-refractivity contribution in [2.24, 2.45) is 0 Å². The Balaban J connectivity index is 0.000000492. The molecule has 96 valence electrons. The van der Waals surface area contributed by atoms with Crippen LogP contribution in [0.3, 0.4) is 0 Å². The summed E-state index contributed by atoms with van der Waals surface area (Å²) in [5.41, 5.74) is 2.22. The summed E-state index contributed by atoms with van der Waals surface area (Å²) >= 11 is 3.47. The summed E-state index contributed by atoms with van der Waals surface area (Å²) in [7, 11) is 1.70. The molecule has 0 N–H and O–H groups in total. The van der Waals surface area contributed by atoms with Crippen LogP contribution in [0.15, 0.2) is 22.7 Å². The smallest absolute Gasteiger partial charge is 0.373 e. The predicted octanol–water partition coefficient (Wildman–Crippen LogP) is 2.17. The lowest BCUT2D eigenvalue weighted by molar-refractivity contribution is -0.191. The molecule has 0 radical (unpaired) electrons. The van der Waals surface area contributed by atoms with Gasteiger partial charge >= 0.3 is 6.15 Å². The van der Waals surface area contributed by atoms with Crippen molar-refractivity contribution in [1.29, 1.82) is 0 Å². The minimum atomic E-state index is 0.250. The minimum absolute atomic E-state index is 0.250. The van der Waals surface area contributed by atoms with E-state index in [0.29, 0.717) is 6.61 Å². The molecule has 0 aliphatic heterocycles. The SMILES string of the molecule is COCCn1nc(C)c2cc(Br)ccc21.O=C=O. The fourth-order valence-corrected chi connectivity index (χ4v) is 2.02. The van der Waals surface area contributed by atoms with Crippen LogP contribution in [0.25, 0.3) is 10.9 Å². The monoisotopic (exact) mass is 312 g/mol. The largest absolute Gasteiger partial charge is 0.383 e. The lowest BCUT2D eigenvalue weighted by Gasteiger charge is -2.01. The van der Waals surface area contributed by atoms with E-state index in [4.69, 9.17) is 14.3 Å². The number of carbonyl (C=O) groups excluding carboxylic acids is 2. The number of aryl methyl sites for hydroxylation is 1. The molecule has 0 aliphatic carbocycles. The lowest BCUT2D eigenvalue weighted by Crippen LogP contribution is -2.05. The highest BCUT2D eigenvalue weighted by Crippen LogP contribution is 2.22. The third-order valence-electron chi connectivity index (χ3n) is 2.40. The van der Waals surface area contributed by atoms with Gasteiger partial charge in [-0.2, -0.15) is 14.7 Å². The number of hydrogen-bond acceptors (Lipinski definition) is 4. The Morgan fingerprint density at radius 1 is 1.44 bits per heavy atom. The van der Waals surface area contributed by atoms with Gasteiger partial charge in [0.25, 0.3) is 0 Å². The van der Waals surface area contributed by atoms with Crippen LogP contribution >= 0.6 is 15.9 Å². The first kappa shape index (κ1) is 14.6. The van der Waals surface area contributed by atoms with Crippen molar-refractivity contribution in [3.8, 4) is 0 Å². The Labute approximate surface area is 113 Å². The Hall–Kier alpha value is -1.49. The fraction of sp³-hybridized carbons (Fsp3) is 0.333. The maximum atomic E-state index is 8.12. The normalized spacial score (nSPS) is 9.72. The Bertz CT molecular complexity index is 560. The van der Waals surface area contributed by atoms with Gasteiger partial charge in [0.15, 0.2) is 0 Å². The molecule has 1 aromatic carbocycles. The number of fused-ring (bicyclic) bond motifs is 1. The van der Waals surface area contributed by atoms with Gasteiger partial charge in [0.1, 0.15) is 0 Å². The molecule has 0 aliphatic rings. The first-order valence-electron chi connectivity index (χ1n) is 5.25. The second-order valence-corrected chi connectivity index (χ2v) is 4.46. The van der Waals surface area contributed by atoms with Crippen LogP contribution in [0, 0.1) is 6.92 Å². The highest BCUT2D eigenvalue weighted by Gasteiger charge is 2.06. The molecular weight excluding hydrogens is 300 g/mol. The maximum Gasteiger partial charge on any atom is 0.373 e. The summed E-state index contributed by atoms with van der Waals surface area (Å²) in [4.78, 5) is 16.2. The molecule has 2 rings (SSSR count). The number of hydrogen-bond donors (Lipinski definition) is 0. The Morgan fingerprint density at radius 2 is 2.11 bits per heavy atom. The molecule has 18 heavy (non-hydrogen) atoms. The number of halogens is 1. The Kier molecular flexibility index (Phi) is 5.71. The molecule has 0 saturated heterocycles. The molecule has 0 bridgehead atoms. The summed E-state index contributed by atoms with van der Waals surface area (Å²) in [5, 5.41) is 5.68. The number of aromatic nitrogens is 2. The van der Waals surface area contributed by atoms with Crippen molar-refractivity contribution in [3.63, 3.8) is 0 Å². The van der Waals surface area contributed by atoms with Gasteiger partial charge in [0.05, 0.1) is 24.4 Å². The number of nitrogens with zero attached hydrogens (tertiary/aromatic N) is 2. The molecule has 0 saturated carbocycles. The van der Waals surface area contributed by atoms with E-state index in [0.717, 1.165) is 22.2 Å². The zero-order chi connectivity index (χ0) is 13.5.